The van der Waals surface area contributed by atoms with Gasteiger partial charge in [0.05, 0.1) is 0 Å². The molecule has 0 radical (unpaired) electrons. The molecule has 2 nitrogen and oxygen atoms in total. The predicted molar refractivity (Wildman–Crippen MR) is 129 cm³/mol. The molecule has 0 amide bonds. The highest BCUT2D eigenvalue weighted by molar-refractivity contribution is 6.74. The van der Waals surface area contributed by atoms with E-state index < -0.39 is 8.32 Å². The van der Waals surface area contributed by atoms with Gasteiger partial charge in [-0.2, -0.15) is 0 Å². The van der Waals surface area contributed by atoms with Crippen LogP contribution in [-0.4, -0.2) is 26.1 Å². The third kappa shape index (κ3) is 3.71. The average molecular weight is 431 g/mol. The number of fused-ring (bicyclic) bond motifs is 5. The maximum absolute atomic E-state index is 9.78. The number of hydrogen-bond acceptors (Lipinski definition) is 2. The SMILES string of the molecule is CC(CO)C1=CCC2C3CC=C4CC(O[Si](C)(C)C(C)(C)C)CCC4C3CCC12C. The number of aliphatic hydroxyl groups is 1. The Labute approximate surface area is 186 Å². The quantitative estimate of drug-likeness (QED) is 0.380. The fourth-order valence-electron chi connectivity index (χ4n) is 7.39. The number of allylic oxidation sites excluding steroid dienone is 2. The Morgan fingerprint density at radius 1 is 1.13 bits per heavy atom. The molecule has 4 aliphatic carbocycles. The van der Waals surface area contributed by atoms with Gasteiger partial charge in [-0.1, -0.05) is 57.9 Å². The lowest BCUT2D eigenvalue weighted by Gasteiger charge is -2.54. The Morgan fingerprint density at radius 2 is 1.87 bits per heavy atom. The molecule has 0 heterocycles. The van der Waals surface area contributed by atoms with E-state index in [0.29, 0.717) is 29.1 Å². The molecule has 2 saturated carbocycles. The smallest absolute Gasteiger partial charge is 0.192 e. The van der Waals surface area contributed by atoms with E-state index >= 15 is 0 Å². The van der Waals surface area contributed by atoms with Crippen LogP contribution in [-0.2, 0) is 4.43 Å². The summed E-state index contributed by atoms with van der Waals surface area (Å²) >= 11 is 0. The van der Waals surface area contributed by atoms with Crippen LogP contribution in [0, 0.1) is 35.0 Å². The van der Waals surface area contributed by atoms with Gasteiger partial charge < -0.3 is 9.53 Å². The van der Waals surface area contributed by atoms with Crippen LogP contribution < -0.4 is 0 Å². The van der Waals surface area contributed by atoms with Gasteiger partial charge in [0.1, 0.15) is 0 Å². The summed E-state index contributed by atoms with van der Waals surface area (Å²) < 4.78 is 6.83. The second-order valence-corrected chi connectivity index (χ2v) is 17.5. The molecule has 0 aromatic rings. The summed E-state index contributed by atoms with van der Waals surface area (Å²) in [6, 6.07) is 0. The summed E-state index contributed by atoms with van der Waals surface area (Å²) in [6.07, 6.45) is 14.6. The lowest BCUT2D eigenvalue weighted by molar-refractivity contribution is 0.00707. The van der Waals surface area contributed by atoms with E-state index in [1.54, 1.807) is 11.1 Å². The molecule has 3 heteroatoms. The van der Waals surface area contributed by atoms with Crippen molar-refractivity contribution >= 4 is 8.32 Å². The van der Waals surface area contributed by atoms with Gasteiger partial charge in [-0.15, -0.1) is 0 Å². The normalized spacial score (nSPS) is 40.1. The zero-order valence-electron chi connectivity index (χ0n) is 20.6. The minimum absolute atomic E-state index is 0.294. The maximum Gasteiger partial charge on any atom is 0.192 e. The van der Waals surface area contributed by atoms with E-state index in [1.807, 2.05) is 0 Å². The lowest BCUT2D eigenvalue weighted by Crippen LogP contribution is -2.48. The molecule has 0 bridgehead atoms. The number of aliphatic hydroxyl groups excluding tert-OH is 1. The van der Waals surface area contributed by atoms with Crippen LogP contribution in [0.25, 0.3) is 0 Å². The Balaban J connectivity index is 1.47. The monoisotopic (exact) mass is 430 g/mol. The fourth-order valence-corrected chi connectivity index (χ4v) is 8.78. The zero-order chi connectivity index (χ0) is 21.9. The maximum atomic E-state index is 9.78. The Kier molecular flexibility index (Phi) is 5.99. The van der Waals surface area contributed by atoms with Crippen molar-refractivity contribution in [3.63, 3.8) is 0 Å². The van der Waals surface area contributed by atoms with Gasteiger partial charge in [0.15, 0.2) is 8.32 Å². The second kappa shape index (κ2) is 7.88. The van der Waals surface area contributed by atoms with Gasteiger partial charge in [-0.3, -0.25) is 0 Å². The lowest BCUT2D eigenvalue weighted by atomic mass is 9.51. The second-order valence-electron chi connectivity index (χ2n) is 12.8. The Hall–Kier alpha value is -0.383. The van der Waals surface area contributed by atoms with E-state index in [1.165, 1.54) is 44.9 Å². The number of hydrogen-bond donors (Lipinski definition) is 1. The first-order chi connectivity index (χ1) is 14.0. The Morgan fingerprint density at radius 3 is 2.53 bits per heavy atom. The molecule has 4 rings (SSSR count). The van der Waals surface area contributed by atoms with Gasteiger partial charge in [0.2, 0.25) is 0 Å². The molecular formula is C27H46O2Si. The summed E-state index contributed by atoms with van der Waals surface area (Å²) in [6.45, 7) is 16.9. The highest BCUT2D eigenvalue weighted by Crippen LogP contribution is 2.62. The molecule has 1 N–H and O–H groups in total. The van der Waals surface area contributed by atoms with E-state index in [-0.39, 0.29) is 0 Å². The summed E-state index contributed by atoms with van der Waals surface area (Å²) in [5, 5.41) is 10.1. The van der Waals surface area contributed by atoms with Crippen molar-refractivity contribution in [1.82, 2.24) is 0 Å². The molecule has 2 fully saturated rings. The van der Waals surface area contributed by atoms with Gasteiger partial charge >= 0.3 is 0 Å². The van der Waals surface area contributed by atoms with Crippen LogP contribution in [0.2, 0.25) is 18.1 Å². The minimum atomic E-state index is -1.69. The molecule has 0 aromatic heterocycles. The Bertz CT molecular complexity index is 715. The molecule has 4 aliphatic rings. The highest BCUT2D eigenvalue weighted by Gasteiger charge is 2.54. The highest BCUT2D eigenvalue weighted by atomic mass is 28.4. The molecule has 7 atom stereocenters. The topological polar surface area (TPSA) is 29.5 Å². The van der Waals surface area contributed by atoms with Crippen LogP contribution in [0.4, 0.5) is 0 Å². The van der Waals surface area contributed by atoms with Crippen LogP contribution in [0.1, 0.15) is 79.6 Å². The van der Waals surface area contributed by atoms with Crippen molar-refractivity contribution < 1.29 is 9.53 Å². The zero-order valence-corrected chi connectivity index (χ0v) is 21.6. The van der Waals surface area contributed by atoms with Crippen LogP contribution in [0.15, 0.2) is 23.3 Å². The van der Waals surface area contributed by atoms with E-state index in [0.717, 1.165) is 23.7 Å². The first kappa shape index (κ1) is 22.8. The van der Waals surface area contributed by atoms with Crippen LogP contribution in [0.3, 0.4) is 0 Å². The molecule has 0 saturated heterocycles. The molecule has 30 heavy (non-hydrogen) atoms. The van der Waals surface area contributed by atoms with Gasteiger partial charge in [-0.25, -0.2) is 0 Å². The van der Waals surface area contributed by atoms with Crippen molar-refractivity contribution in [3.05, 3.63) is 23.3 Å². The van der Waals surface area contributed by atoms with E-state index in [4.69, 9.17) is 4.43 Å². The largest absolute Gasteiger partial charge is 0.414 e. The number of rotatable bonds is 4. The van der Waals surface area contributed by atoms with Crippen LogP contribution in [0.5, 0.6) is 0 Å². The van der Waals surface area contributed by atoms with E-state index in [9.17, 15) is 5.11 Å². The third-order valence-electron chi connectivity index (χ3n) is 10.1. The van der Waals surface area contributed by atoms with Crippen LogP contribution >= 0.6 is 0 Å². The van der Waals surface area contributed by atoms with Gasteiger partial charge in [-0.05, 0) is 92.2 Å². The van der Waals surface area contributed by atoms with Crippen molar-refractivity contribution in [2.75, 3.05) is 6.61 Å². The fraction of sp³-hybridized carbons (Fsp3) is 0.852. The summed E-state index contributed by atoms with van der Waals surface area (Å²) in [5.74, 6) is 3.66. The first-order valence-corrected chi connectivity index (χ1v) is 15.6. The van der Waals surface area contributed by atoms with Gasteiger partial charge in [0, 0.05) is 18.6 Å². The molecular weight excluding hydrogens is 384 g/mol. The molecule has 0 aliphatic heterocycles. The predicted octanol–water partition coefficient (Wildman–Crippen LogP) is 7.11. The summed E-state index contributed by atoms with van der Waals surface area (Å²) in [7, 11) is -1.69. The standard InChI is InChI=1S/C27H46O2Si/c1-18(17-28)24-12-13-25-23-10-8-19-16-20(29-30(6,7)26(2,3)4)9-11-21(19)22(23)14-15-27(24,25)5/h8,12,18,20-23,25,28H,9-11,13-17H2,1-7H3. The minimum Gasteiger partial charge on any atom is -0.414 e. The summed E-state index contributed by atoms with van der Waals surface area (Å²) in [5.41, 5.74) is 3.64. The first-order valence-electron chi connectivity index (χ1n) is 12.7. The molecule has 0 aromatic carbocycles. The van der Waals surface area contributed by atoms with Gasteiger partial charge in [0.25, 0.3) is 0 Å². The van der Waals surface area contributed by atoms with Crippen molar-refractivity contribution in [2.45, 2.75) is 104 Å². The van der Waals surface area contributed by atoms with Crippen molar-refractivity contribution in [3.8, 4) is 0 Å². The third-order valence-corrected chi connectivity index (χ3v) is 14.6. The molecule has 0 spiro atoms. The van der Waals surface area contributed by atoms with Crippen molar-refractivity contribution in [2.24, 2.45) is 35.0 Å². The average Bonchev–Trinajstić information content (AvgIpc) is 3.03. The summed E-state index contributed by atoms with van der Waals surface area (Å²) in [4.78, 5) is 0. The molecule has 170 valence electrons. The van der Waals surface area contributed by atoms with E-state index in [2.05, 4.69) is 59.9 Å². The molecule has 7 unspecified atom stereocenters. The van der Waals surface area contributed by atoms with Crippen molar-refractivity contribution in [1.29, 1.82) is 0 Å².